The first-order valence-corrected chi connectivity index (χ1v) is 8.03. The van der Waals surface area contributed by atoms with Crippen LogP contribution in [0.2, 0.25) is 0 Å². The van der Waals surface area contributed by atoms with Crippen LogP contribution in [0.5, 0.6) is 0 Å². The predicted octanol–water partition coefficient (Wildman–Crippen LogP) is 3.60. The van der Waals surface area contributed by atoms with Crippen molar-refractivity contribution in [3.8, 4) is 0 Å². The molecule has 2 rings (SSSR count). The second kappa shape index (κ2) is 7.13. The van der Waals surface area contributed by atoms with Gasteiger partial charge in [-0.25, -0.2) is 4.39 Å². The summed E-state index contributed by atoms with van der Waals surface area (Å²) in [6.07, 6.45) is 0. The van der Waals surface area contributed by atoms with Crippen LogP contribution in [0.1, 0.15) is 49.6 Å². The fourth-order valence-electron chi connectivity index (χ4n) is 2.96. The van der Waals surface area contributed by atoms with Crippen LogP contribution in [0, 0.1) is 5.82 Å². The molecule has 0 fully saturated rings. The van der Waals surface area contributed by atoms with Crippen LogP contribution in [0.4, 0.5) is 10.2 Å². The Morgan fingerprint density at radius 2 is 1.87 bits per heavy atom. The first kappa shape index (κ1) is 17.5. The van der Waals surface area contributed by atoms with Crippen LogP contribution < -0.4 is 10.2 Å². The van der Waals surface area contributed by atoms with E-state index in [9.17, 15) is 4.39 Å². The molecule has 1 aromatic heterocycles. The highest BCUT2D eigenvalue weighted by Crippen LogP contribution is 2.28. The molecule has 1 N–H and O–H groups in total. The van der Waals surface area contributed by atoms with Crippen molar-refractivity contribution in [1.82, 2.24) is 15.1 Å². The van der Waals surface area contributed by atoms with Gasteiger partial charge in [0.15, 0.2) is 0 Å². The van der Waals surface area contributed by atoms with Crippen LogP contribution >= 0.6 is 0 Å². The zero-order valence-electron chi connectivity index (χ0n) is 14.9. The van der Waals surface area contributed by atoms with E-state index < -0.39 is 0 Å². The van der Waals surface area contributed by atoms with Crippen LogP contribution in [-0.4, -0.2) is 23.9 Å². The topological polar surface area (TPSA) is 33.1 Å². The first-order valence-electron chi connectivity index (χ1n) is 8.03. The number of benzene rings is 1. The molecule has 0 unspecified atom stereocenters. The summed E-state index contributed by atoms with van der Waals surface area (Å²) < 4.78 is 15.8. The Bertz CT molecular complexity index is 661. The Morgan fingerprint density at radius 1 is 1.22 bits per heavy atom. The number of aryl methyl sites for hydroxylation is 1. The molecular formula is C18H27FN4. The minimum Gasteiger partial charge on any atom is -0.363 e. The van der Waals surface area contributed by atoms with Gasteiger partial charge in [0.1, 0.15) is 11.6 Å². The largest absolute Gasteiger partial charge is 0.363 e. The molecule has 0 saturated carbocycles. The SMILES string of the molecule is CC(C)c1nn(C)c(N(C)C)c1CN[C@H](C)c1ccccc1F. The molecule has 1 heterocycles. The number of anilines is 1. The highest BCUT2D eigenvalue weighted by atomic mass is 19.1. The summed E-state index contributed by atoms with van der Waals surface area (Å²) in [4.78, 5) is 2.07. The van der Waals surface area contributed by atoms with Crippen molar-refractivity contribution in [3.63, 3.8) is 0 Å². The van der Waals surface area contributed by atoms with Crippen molar-refractivity contribution >= 4 is 5.82 Å². The fraction of sp³-hybridized carbons (Fsp3) is 0.500. The Labute approximate surface area is 138 Å². The maximum Gasteiger partial charge on any atom is 0.130 e. The number of halogens is 1. The van der Waals surface area contributed by atoms with Crippen molar-refractivity contribution in [1.29, 1.82) is 0 Å². The number of rotatable bonds is 6. The van der Waals surface area contributed by atoms with Crippen LogP contribution in [-0.2, 0) is 13.6 Å². The zero-order chi connectivity index (χ0) is 17.1. The smallest absolute Gasteiger partial charge is 0.130 e. The Kier molecular flexibility index (Phi) is 5.42. The van der Waals surface area contributed by atoms with Gasteiger partial charge in [0.05, 0.1) is 5.69 Å². The summed E-state index contributed by atoms with van der Waals surface area (Å²) in [7, 11) is 6.00. The molecule has 126 valence electrons. The molecule has 4 nitrogen and oxygen atoms in total. The van der Waals surface area contributed by atoms with E-state index in [0.29, 0.717) is 18.0 Å². The number of nitrogens with one attached hydrogen (secondary N) is 1. The van der Waals surface area contributed by atoms with Crippen molar-refractivity contribution in [2.24, 2.45) is 7.05 Å². The third-order valence-corrected chi connectivity index (χ3v) is 4.07. The number of aromatic nitrogens is 2. The second-order valence-electron chi connectivity index (χ2n) is 6.48. The Morgan fingerprint density at radius 3 is 2.43 bits per heavy atom. The van der Waals surface area contributed by atoms with Crippen LogP contribution in [0.15, 0.2) is 24.3 Å². The van der Waals surface area contributed by atoms with Gasteiger partial charge in [-0.1, -0.05) is 32.0 Å². The fourth-order valence-corrected chi connectivity index (χ4v) is 2.96. The lowest BCUT2D eigenvalue weighted by molar-refractivity contribution is 0.526. The van der Waals surface area contributed by atoms with Gasteiger partial charge in [0, 0.05) is 44.9 Å². The van der Waals surface area contributed by atoms with E-state index in [-0.39, 0.29) is 11.9 Å². The average Bonchev–Trinajstić information content (AvgIpc) is 2.82. The molecule has 0 spiro atoms. The lowest BCUT2D eigenvalue weighted by Crippen LogP contribution is -2.22. The summed E-state index contributed by atoms with van der Waals surface area (Å²) in [5, 5.41) is 8.10. The van der Waals surface area contributed by atoms with Crippen molar-refractivity contribution in [2.45, 2.75) is 39.3 Å². The number of hydrogen-bond acceptors (Lipinski definition) is 3. The van der Waals surface area contributed by atoms with E-state index in [0.717, 1.165) is 11.5 Å². The van der Waals surface area contributed by atoms with Gasteiger partial charge in [-0.3, -0.25) is 4.68 Å². The van der Waals surface area contributed by atoms with Gasteiger partial charge >= 0.3 is 0 Å². The molecule has 2 aromatic rings. The first-order chi connectivity index (χ1) is 10.8. The van der Waals surface area contributed by atoms with E-state index in [1.165, 1.54) is 11.6 Å². The maximum absolute atomic E-state index is 13.9. The average molecular weight is 318 g/mol. The molecule has 0 radical (unpaired) electrons. The molecule has 0 aliphatic carbocycles. The maximum atomic E-state index is 13.9. The van der Waals surface area contributed by atoms with E-state index in [1.807, 2.05) is 44.9 Å². The number of nitrogens with zero attached hydrogens (tertiary/aromatic N) is 3. The number of hydrogen-bond donors (Lipinski definition) is 1. The summed E-state index contributed by atoms with van der Waals surface area (Å²) in [5.74, 6) is 1.26. The van der Waals surface area contributed by atoms with Gasteiger partial charge in [0.2, 0.25) is 0 Å². The lowest BCUT2D eigenvalue weighted by Gasteiger charge is -2.19. The second-order valence-corrected chi connectivity index (χ2v) is 6.48. The normalized spacial score (nSPS) is 12.7. The molecule has 5 heteroatoms. The third kappa shape index (κ3) is 3.72. The standard InChI is InChI=1S/C18H27FN4/c1-12(2)17-15(18(22(4)5)23(6)21-17)11-20-13(3)14-9-7-8-10-16(14)19/h7-10,12-13,20H,11H2,1-6H3/t13-/m1/s1. The summed E-state index contributed by atoms with van der Waals surface area (Å²) in [5.41, 5.74) is 2.95. The van der Waals surface area contributed by atoms with E-state index in [2.05, 4.69) is 29.2 Å². The Balaban J connectivity index is 2.24. The summed E-state index contributed by atoms with van der Waals surface area (Å²) in [6.45, 7) is 6.93. The molecular weight excluding hydrogens is 291 g/mol. The minimum atomic E-state index is -0.171. The zero-order valence-corrected chi connectivity index (χ0v) is 14.9. The predicted molar refractivity (Wildman–Crippen MR) is 93.3 cm³/mol. The molecule has 0 bridgehead atoms. The molecule has 1 aromatic carbocycles. The van der Waals surface area contributed by atoms with Crippen LogP contribution in [0.25, 0.3) is 0 Å². The van der Waals surface area contributed by atoms with E-state index >= 15 is 0 Å². The van der Waals surface area contributed by atoms with Crippen LogP contribution in [0.3, 0.4) is 0 Å². The van der Waals surface area contributed by atoms with Gasteiger partial charge < -0.3 is 10.2 Å². The summed E-state index contributed by atoms with van der Waals surface area (Å²) in [6, 6.07) is 6.85. The molecule has 1 atom stereocenters. The van der Waals surface area contributed by atoms with Crippen molar-refractivity contribution < 1.29 is 4.39 Å². The molecule has 0 aliphatic heterocycles. The lowest BCUT2D eigenvalue weighted by atomic mass is 10.0. The highest BCUT2D eigenvalue weighted by molar-refractivity contribution is 5.50. The van der Waals surface area contributed by atoms with Gasteiger partial charge in [-0.05, 0) is 18.9 Å². The molecule has 0 amide bonds. The van der Waals surface area contributed by atoms with E-state index in [1.54, 1.807) is 6.07 Å². The molecule has 23 heavy (non-hydrogen) atoms. The Hall–Kier alpha value is -1.88. The van der Waals surface area contributed by atoms with Gasteiger partial charge in [0.25, 0.3) is 0 Å². The minimum absolute atomic E-state index is 0.0635. The van der Waals surface area contributed by atoms with Gasteiger partial charge in [-0.2, -0.15) is 5.10 Å². The van der Waals surface area contributed by atoms with Crippen molar-refractivity contribution in [2.75, 3.05) is 19.0 Å². The monoisotopic (exact) mass is 318 g/mol. The van der Waals surface area contributed by atoms with Gasteiger partial charge in [-0.15, -0.1) is 0 Å². The molecule has 0 aliphatic rings. The summed E-state index contributed by atoms with van der Waals surface area (Å²) >= 11 is 0. The third-order valence-electron chi connectivity index (χ3n) is 4.07. The quantitative estimate of drug-likeness (QED) is 0.883. The highest BCUT2D eigenvalue weighted by Gasteiger charge is 2.20. The van der Waals surface area contributed by atoms with Crippen molar-refractivity contribution in [3.05, 3.63) is 46.9 Å². The van der Waals surface area contributed by atoms with E-state index in [4.69, 9.17) is 0 Å². The molecule has 0 saturated heterocycles.